The zero-order valence-electron chi connectivity index (χ0n) is 14.3. The van der Waals surface area contributed by atoms with Crippen molar-refractivity contribution in [1.82, 2.24) is 19.7 Å². The lowest BCUT2D eigenvalue weighted by molar-refractivity contribution is 0.0685. The average Bonchev–Trinajstić information content (AvgIpc) is 3.20. The maximum atomic E-state index is 12.9. The van der Waals surface area contributed by atoms with E-state index in [4.69, 9.17) is 11.6 Å². The normalized spacial score (nSPS) is 11.1. The molecule has 25 heavy (non-hydrogen) atoms. The Kier molecular flexibility index (Phi) is 5.20. The number of aromatic nitrogens is 3. The summed E-state index contributed by atoms with van der Waals surface area (Å²) in [6.07, 6.45) is 3.64. The predicted octanol–water partition coefficient (Wildman–Crippen LogP) is 4.25. The Morgan fingerprint density at radius 2 is 2.20 bits per heavy atom. The summed E-state index contributed by atoms with van der Waals surface area (Å²) in [6.45, 7) is 4.49. The van der Waals surface area contributed by atoms with Gasteiger partial charge in [0.15, 0.2) is 0 Å². The van der Waals surface area contributed by atoms with Crippen LogP contribution in [0.4, 0.5) is 0 Å². The zero-order valence-corrected chi connectivity index (χ0v) is 15.9. The largest absolute Gasteiger partial charge is 0.331 e. The van der Waals surface area contributed by atoms with E-state index in [1.165, 1.54) is 11.3 Å². The van der Waals surface area contributed by atoms with Gasteiger partial charge in [-0.3, -0.25) is 9.48 Å². The topological polar surface area (TPSA) is 51.0 Å². The lowest BCUT2D eigenvalue weighted by Crippen LogP contribution is -2.36. The quantitative estimate of drug-likeness (QED) is 0.670. The Hall–Kier alpha value is -2.18. The Bertz CT molecular complexity index is 887. The molecule has 2 heterocycles. The number of hydrogen-bond donors (Lipinski definition) is 0. The second-order valence-electron chi connectivity index (χ2n) is 6.10. The maximum absolute atomic E-state index is 12.9. The first-order valence-corrected chi connectivity index (χ1v) is 9.20. The molecule has 0 spiro atoms. The van der Waals surface area contributed by atoms with Crippen molar-refractivity contribution in [2.45, 2.75) is 26.4 Å². The Morgan fingerprint density at radius 1 is 1.40 bits per heavy atom. The van der Waals surface area contributed by atoms with Gasteiger partial charge in [-0.15, -0.1) is 11.3 Å². The summed E-state index contributed by atoms with van der Waals surface area (Å²) < 4.78 is 1.72. The molecule has 0 unspecified atom stereocenters. The van der Waals surface area contributed by atoms with Crippen molar-refractivity contribution >= 4 is 28.8 Å². The van der Waals surface area contributed by atoms with Gasteiger partial charge in [0, 0.05) is 41.8 Å². The van der Waals surface area contributed by atoms with E-state index in [2.05, 4.69) is 10.1 Å². The van der Waals surface area contributed by atoms with Crippen molar-refractivity contribution in [2.75, 3.05) is 0 Å². The smallest absolute Gasteiger partial charge is 0.273 e. The molecule has 3 rings (SSSR count). The first kappa shape index (κ1) is 17.6. The molecule has 0 aliphatic rings. The van der Waals surface area contributed by atoms with Crippen LogP contribution in [-0.4, -0.2) is 31.6 Å². The zero-order chi connectivity index (χ0) is 18.0. The number of benzene rings is 1. The molecule has 130 valence electrons. The van der Waals surface area contributed by atoms with Crippen LogP contribution < -0.4 is 0 Å². The van der Waals surface area contributed by atoms with Gasteiger partial charge in [-0.05, 0) is 31.5 Å². The van der Waals surface area contributed by atoms with Crippen LogP contribution in [0.5, 0.6) is 0 Å². The second kappa shape index (κ2) is 7.37. The van der Waals surface area contributed by atoms with E-state index in [0.29, 0.717) is 17.3 Å². The number of carbonyl (C=O) groups excluding carboxylic acids is 1. The molecular weight excluding hydrogens is 356 g/mol. The third-order valence-corrected chi connectivity index (χ3v) is 4.93. The van der Waals surface area contributed by atoms with Crippen LogP contribution >= 0.6 is 22.9 Å². The van der Waals surface area contributed by atoms with Gasteiger partial charge in [0.05, 0.1) is 6.20 Å². The number of carbonyl (C=O) groups is 1. The second-order valence-corrected chi connectivity index (χ2v) is 7.39. The number of thiazole rings is 1. The number of hydrogen-bond acceptors (Lipinski definition) is 4. The Labute approximate surface area is 155 Å². The number of halogens is 1. The van der Waals surface area contributed by atoms with Crippen molar-refractivity contribution in [3.8, 4) is 10.6 Å². The molecule has 0 aliphatic heterocycles. The lowest BCUT2D eigenvalue weighted by atomic mass is 10.2. The van der Waals surface area contributed by atoms with Crippen molar-refractivity contribution in [1.29, 1.82) is 0 Å². The van der Waals surface area contributed by atoms with Crippen molar-refractivity contribution in [2.24, 2.45) is 7.05 Å². The van der Waals surface area contributed by atoms with Crippen molar-refractivity contribution in [3.05, 3.63) is 58.3 Å². The van der Waals surface area contributed by atoms with Crippen LogP contribution in [-0.2, 0) is 13.6 Å². The summed E-state index contributed by atoms with van der Waals surface area (Å²) in [5.41, 5.74) is 2.37. The first-order valence-electron chi connectivity index (χ1n) is 7.94. The Morgan fingerprint density at radius 3 is 2.84 bits per heavy atom. The van der Waals surface area contributed by atoms with Crippen LogP contribution in [0.1, 0.15) is 29.9 Å². The molecule has 1 amide bonds. The van der Waals surface area contributed by atoms with Crippen LogP contribution in [0, 0.1) is 0 Å². The maximum Gasteiger partial charge on any atom is 0.273 e. The number of amides is 1. The summed E-state index contributed by atoms with van der Waals surface area (Å²) >= 11 is 7.50. The highest BCUT2D eigenvalue weighted by Crippen LogP contribution is 2.24. The fraction of sp³-hybridized carbons (Fsp3) is 0.278. The summed E-state index contributed by atoms with van der Waals surface area (Å²) in [4.78, 5) is 19.2. The number of aryl methyl sites for hydroxylation is 1. The molecule has 0 saturated carbocycles. The SMILES string of the molecule is CC(C)N(Cc1cccc(Cl)c1)C(=O)c1csc(-c2cnn(C)c2)n1. The first-order chi connectivity index (χ1) is 11.9. The molecule has 0 bridgehead atoms. The van der Waals surface area contributed by atoms with Crippen LogP contribution in [0.25, 0.3) is 10.6 Å². The molecule has 0 radical (unpaired) electrons. The van der Waals surface area contributed by atoms with Crippen LogP contribution in [0.15, 0.2) is 42.0 Å². The predicted molar refractivity (Wildman–Crippen MR) is 101 cm³/mol. The van der Waals surface area contributed by atoms with E-state index < -0.39 is 0 Å². The minimum Gasteiger partial charge on any atom is -0.331 e. The molecular formula is C18H19ClN4OS. The standard InChI is InChI=1S/C18H19ClN4OS/c1-12(2)23(9-13-5-4-6-15(19)7-13)18(24)16-11-25-17(21-16)14-8-20-22(3)10-14/h4-8,10-12H,9H2,1-3H3. The van der Waals surface area contributed by atoms with E-state index >= 15 is 0 Å². The molecule has 0 atom stereocenters. The molecule has 2 aromatic heterocycles. The molecule has 3 aromatic rings. The summed E-state index contributed by atoms with van der Waals surface area (Å²) in [5.74, 6) is -0.0821. The van der Waals surface area contributed by atoms with Gasteiger partial charge in [0.2, 0.25) is 0 Å². The molecule has 5 nitrogen and oxygen atoms in total. The fourth-order valence-electron chi connectivity index (χ4n) is 2.50. The highest BCUT2D eigenvalue weighted by molar-refractivity contribution is 7.13. The summed E-state index contributed by atoms with van der Waals surface area (Å²) in [5, 5.41) is 7.42. The number of rotatable bonds is 5. The third kappa shape index (κ3) is 4.08. The van der Waals surface area contributed by atoms with Crippen LogP contribution in [0.3, 0.4) is 0 Å². The van der Waals surface area contributed by atoms with E-state index in [9.17, 15) is 4.79 Å². The van der Waals surface area contributed by atoms with Gasteiger partial charge in [-0.25, -0.2) is 4.98 Å². The fourth-order valence-corrected chi connectivity index (χ4v) is 3.49. The lowest BCUT2D eigenvalue weighted by Gasteiger charge is -2.26. The molecule has 7 heteroatoms. The summed E-state index contributed by atoms with van der Waals surface area (Å²) in [6, 6.07) is 7.62. The minimum absolute atomic E-state index is 0.0509. The van der Waals surface area contributed by atoms with Crippen molar-refractivity contribution < 1.29 is 4.79 Å². The van der Waals surface area contributed by atoms with Gasteiger partial charge in [-0.2, -0.15) is 5.10 Å². The van der Waals surface area contributed by atoms with Gasteiger partial charge >= 0.3 is 0 Å². The Balaban J connectivity index is 1.82. The third-order valence-electron chi connectivity index (χ3n) is 3.80. The molecule has 0 N–H and O–H groups in total. The van der Waals surface area contributed by atoms with Gasteiger partial charge in [0.1, 0.15) is 10.7 Å². The van der Waals surface area contributed by atoms with Crippen LogP contribution in [0.2, 0.25) is 5.02 Å². The minimum atomic E-state index is -0.0821. The average molecular weight is 375 g/mol. The van der Waals surface area contributed by atoms with Gasteiger partial charge in [0.25, 0.3) is 5.91 Å². The molecule has 0 fully saturated rings. The van der Waals surface area contributed by atoms with E-state index in [1.54, 1.807) is 21.2 Å². The summed E-state index contributed by atoms with van der Waals surface area (Å²) in [7, 11) is 1.86. The van der Waals surface area contributed by atoms with Gasteiger partial charge < -0.3 is 4.90 Å². The van der Waals surface area contributed by atoms with E-state index in [1.807, 2.05) is 51.4 Å². The van der Waals surface area contributed by atoms with E-state index in [-0.39, 0.29) is 11.9 Å². The highest BCUT2D eigenvalue weighted by atomic mass is 35.5. The number of nitrogens with zero attached hydrogens (tertiary/aromatic N) is 4. The molecule has 0 aliphatic carbocycles. The van der Waals surface area contributed by atoms with Crippen molar-refractivity contribution in [3.63, 3.8) is 0 Å². The van der Waals surface area contributed by atoms with Gasteiger partial charge in [-0.1, -0.05) is 23.7 Å². The monoisotopic (exact) mass is 374 g/mol. The van der Waals surface area contributed by atoms with E-state index in [0.717, 1.165) is 16.1 Å². The molecule has 1 aromatic carbocycles. The molecule has 0 saturated heterocycles. The highest BCUT2D eigenvalue weighted by Gasteiger charge is 2.22.